The van der Waals surface area contributed by atoms with E-state index in [1.165, 1.54) is 6.08 Å². The van der Waals surface area contributed by atoms with Crippen molar-refractivity contribution in [3.8, 4) is 5.75 Å². The Balaban J connectivity index is 1.12. The van der Waals surface area contributed by atoms with Gasteiger partial charge < -0.3 is 43.6 Å². The topological polar surface area (TPSA) is 225 Å². The van der Waals surface area contributed by atoms with Crippen LogP contribution in [0.2, 0.25) is 0 Å². The molecule has 1 aromatic rings. The number of fused-ring (bicyclic) bond motifs is 1. The largest absolute Gasteiger partial charge is 0.487 e. The van der Waals surface area contributed by atoms with Crippen LogP contribution in [0.25, 0.3) is 0 Å². The lowest BCUT2D eigenvalue weighted by atomic mass is 9.89. The SMILES string of the molecule is O=C(CCCC=CC[C@@H]1[C@@H](C=CC(F)(F)COc2ccccc2)[C@H](O)C[C@@H]1O)O[C@@H]1CO[C@H]2[C@@H]1OC[C@H]2OC(=O)CCCC(CO[N+](=O)[O-])O[N+](=O)[O-]. The first-order valence-corrected chi connectivity index (χ1v) is 17.3. The number of aliphatic hydroxyl groups excluding tert-OH is 2. The first-order chi connectivity index (χ1) is 25.3. The van der Waals surface area contributed by atoms with E-state index in [-0.39, 0.29) is 45.3 Å². The van der Waals surface area contributed by atoms with Gasteiger partial charge in [-0.15, -0.1) is 20.2 Å². The van der Waals surface area contributed by atoms with Crippen molar-refractivity contribution in [1.29, 1.82) is 0 Å². The fourth-order valence-corrected chi connectivity index (χ4v) is 6.43. The molecular weight excluding hydrogens is 714 g/mol. The molecule has 2 N–H and O–H groups in total. The third kappa shape index (κ3) is 13.5. The monoisotopic (exact) mass is 758 g/mol. The van der Waals surface area contributed by atoms with E-state index in [4.69, 9.17) is 23.7 Å². The summed E-state index contributed by atoms with van der Waals surface area (Å²) in [4.78, 5) is 54.3. The van der Waals surface area contributed by atoms with Gasteiger partial charge in [0.05, 0.1) is 25.4 Å². The summed E-state index contributed by atoms with van der Waals surface area (Å²) in [5, 5.41) is 39.6. The van der Waals surface area contributed by atoms with Crippen LogP contribution in [0.15, 0.2) is 54.6 Å². The first kappa shape index (κ1) is 41.3. The number of ether oxygens (including phenoxy) is 5. The number of halogens is 2. The second kappa shape index (κ2) is 20.1. The molecule has 0 spiro atoms. The summed E-state index contributed by atoms with van der Waals surface area (Å²) < 4.78 is 56.5. The molecule has 2 heterocycles. The number of hydrogen-bond donors (Lipinski definition) is 2. The van der Waals surface area contributed by atoms with E-state index < -0.39 is 95.8 Å². The van der Waals surface area contributed by atoms with Crippen LogP contribution in [0.3, 0.4) is 0 Å². The zero-order valence-corrected chi connectivity index (χ0v) is 28.7. The van der Waals surface area contributed by atoms with E-state index in [9.17, 15) is 48.8 Å². The number of nitrogens with zero attached hydrogens (tertiary/aromatic N) is 2. The van der Waals surface area contributed by atoms with Crippen molar-refractivity contribution in [1.82, 2.24) is 0 Å². The normalized spacial score (nSPS) is 27.4. The Labute approximate surface area is 303 Å². The highest BCUT2D eigenvalue weighted by Crippen LogP contribution is 2.37. The molecule has 1 aliphatic carbocycles. The molecule has 17 nitrogen and oxygen atoms in total. The van der Waals surface area contributed by atoms with Crippen LogP contribution < -0.4 is 4.74 Å². The molecule has 9 atom stereocenters. The number of unbranched alkanes of at least 4 members (excludes halogenated alkanes) is 1. The van der Waals surface area contributed by atoms with Crippen LogP contribution in [0.1, 0.15) is 51.4 Å². The van der Waals surface area contributed by atoms with Crippen LogP contribution in [-0.4, -0.2) is 107 Å². The molecule has 1 unspecified atom stereocenters. The minimum Gasteiger partial charge on any atom is -0.487 e. The summed E-state index contributed by atoms with van der Waals surface area (Å²) >= 11 is 0. The molecule has 53 heavy (non-hydrogen) atoms. The van der Waals surface area contributed by atoms with E-state index in [2.05, 4.69) is 9.68 Å². The Morgan fingerprint density at radius 1 is 0.943 bits per heavy atom. The van der Waals surface area contributed by atoms with Crippen molar-refractivity contribution in [3.63, 3.8) is 0 Å². The predicted octanol–water partition coefficient (Wildman–Crippen LogP) is 3.31. The third-order valence-electron chi connectivity index (χ3n) is 9.02. The maximum Gasteiger partial charge on any atom is 0.306 e. The Hall–Kier alpha value is -4.46. The number of benzene rings is 1. The summed E-state index contributed by atoms with van der Waals surface area (Å²) in [6.07, 6.45) is 0.927. The van der Waals surface area contributed by atoms with Gasteiger partial charge in [0.2, 0.25) is 0 Å². The second-order valence-corrected chi connectivity index (χ2v) is 12.9. The minimum atomic E-state index is -3.28. The molecule has 1 saturated carbocycles. The molecule has 0 amide bonds. The zero-order valence-electron chi connectivity index (χ0n) is 28.7. The standard InChI is InChI=1S/C34H44F2N2O15/c35-34(36,21-49-22-9-4-3-5-10-22)16-15-25-24(26(39)17-27(25)40)12-6-1-2-7-13-30(41)51-28-19-47-33-29(20-48-32(28)33)52-31(42)14-8-11-23(53-38(45)46)18-50-37(43)44/h1,3-6,9-10,15-16,23-29,32-33,39-40H,2,7-8,11-14,17-21H2/t23?,24-,25-,26+,27-,28-,29-,32-,33-/m1/s1. The molecule has 3 fully saturated rings. The highest BCUT2D eigenvalue weighted by Gasteiger charge is 2.51. The number of esters is 2. The van der Waals surface area contributed by atoms with Crippen LogP contribution in [-0.2, 0) is 38.2 Å². The number of rotatable bonds is 22. The van der Waals surface area contributed by atoms with E-state index in [0.717, 1.165) is 0 Å². The van der Waals surface area contributed by atoms with Crippen LogP contribution in [0.5, 0.6) is 5.75 Å². The predicted molar refractivity (Wildman–Crippen MR) is 175 cm³/mol. The number of aliphatic hydroxyl groups is 2. The van der Waals surface area contributed by atoms with Crippen molar-refractivity contribution in [3.05, 3.63) is 74.9 Å². The van der Waals surface area contributed by atoms with Gasteiger partial charge in [-0.25, -0.2) is 0 Å². The van der Waals surface area contributed by atoms with E-state index in [0.29, 0.717) is 31.1 Å². The second-order valence-electron chi connectivity index (χ2n) is 12.9. The Bertz CT molecular complexity index is 1420. The van der Waals surface area contributed by atoms with Gasteiger partial charge >= 0.3 is 11.9 Å². The van der Waals surface area contributed by atoms with Crippen LogP contribution in [0, 0.1) is 32.1 Å². The average Bonchev–Trinajstić information content (AvgIpc) is 3.77. The number of hydrogen-bond acceptors (Lipinski definition) is 15. The van der Waals surface area contributed by atoms with Crippen LogP contribution in [0.4, 0.5) is 8.78 Å². The first-order valence-electron chi connectivity index (χ1n) is 17.3. The van der Waals surface area contributed by atoms with Crippen LogP contribution >= 0.6 is 0 Å². The van der Waals surface area contributed by atoms with Gasteiger partial charge in [-0.1, -0.05) is 36.4 Å². The van der Waals surface area contributed by atoms with E-state index >= 15 is 0 Å². The summed E-state index contributed by atoms with van der Waals surface area (Å²) in [7, 11) is 0. The lowest BCUT2D eigenvalue weighted by molar-refractivity contribution is -0.790. The lowest BCUT2D eigenvalue weighted by Gasteiger charge is -2.20. The van der Waals surface area contributed by atoms with Gasteiger partial charge in [0.25, 0.3) is 16.1 Å². The number of alkyl halides is 2. The smallest absolute Gasteiger partial charge is 0.306 e. The minimum absolute atomic E-state index is 0.00186. The highest BCUT2D eigenvalue weighted by molar-refractivity contribution is 5.70. The quantitative estimate of drug-likeness (QED) is 0.0569. The maximum absolute atomic E-state index is 14.5. The molecule has 3 aliphatic rings. The van der Waals surface area contributed by atoms with Crippen molar-refractivity contribution < 1.29 is 72.1 Å². The van der Waals surface area contributed by atoms with Gasteiger partial charge in [0.1, 0.15) is 30.7 Å². The Morgan fingerprint density at radius 3 is 2.21 bits per heavy atom. The highest BCUT2D eigenvalue weighted by atomic mass is 19.3. The Morgan fingerprint density at radius 2 is 1.58 bits per heavy atom. The molecular formula is C34H44F2N2O15. The lowest BCUT2D eigenvalue weighted by Crippen LogP contribution is -2.36. The Kier molecular flexibility index (Phi) is 15.7. The fraction of sp³-hybridized carbons (Fsp3) is 0.647. The van der Waals surface area contributed by atoms with Gasteiger partial charge in [-0.3, -0.25) is 9.59 Å². The van der Waals surface area contributed by atoms with Gasteiger partial charge in [0.15, 0.2) is 18.8 Å². The number of allylic oxidation sites excluding steroid dienone is 2. The molecule has 19 heteroatoms. The van der Waals surface area contributed by atoms with E-state index in [1.807, 2.05) is 6.08 Å². The summed E-state index contributed by atoms with van der Waals surface area (Å²) in [6, 6.07) is 8.23. The third-order valence-corrected chi connectivity index (χ3v) is 9.02. The molecule has 4 rings (SSSR count). The van der Waals surface area contributed by atoms with Crippen molar-refractivity contribution in [2.24, 2.45) is 11.8 Å². The fourth-order valence-electron chi connectivity index (χ4n) is 6.43. The van der Waals surface area contributed by atoms with Crippen molar-refractivity contribution in [2.75, 3.05) is 26.4 Å². The molecule has 1 aromatic carbocycles. The zero-order chi connectivity index (χ0) is 38.4. The summed E-state index contributed by atoms with van der Waals surface area (Å²) in [5.74, 6) is -5.25. The molecule has 2 saturated heterocycles. The van der Waals surface area contributed by atoms with Gasteiger partial charge in [0, 0.05) is 25.2 Å². The average molecular weight is 759 g/mol. The number of para-hydroxylation sites is 1. The molecule has 294 valence electrons. The molecule has 0 bridgehead atoms. The number of carbonyl (C=O) groups is 2. The number of carbonyl (C=O) groups excluding carboxylic acids is 2. The molecule has 0 aromatic heterocycles. The molecule has 0 radical (unpaired) electrons. The summed E-state index contributed by atoms with van der Waals surface area (Å²) in [5.41, 5.74) is 0. The van der Waals surface area contributed by atoms with E-state index in [1.54, 1.807) is 36.4 Å². The summed E-state index contributed by atoms with van der Waals surface area (Å²) in [6.45, 7) is -1.51. The van der Waals surface area contributed by atoms with Crippen molar-refractivity contribution in [2.45, 2.75) is 100 Å². The van der Waals surface area contributed by atoms with Crippen molar-refractivity contribution >= 4 is 11.9 Å². The van der Waals surface area contributed by atoms with Gasteiger partial charge in [-0.05, 0) is 56.2 Å². The maximum atomic E-state index is 14.5. The molecule has 2 aliphatic heterocycles. The van der Waals surface area contributed by atoms with Gasteiger partial charge in [-0.2, -0.15) is 8.78 Å².